The van der Waals surface area contributed by atoms with E-state index in [1.807, 2.05) is 6.92 Å². The van der Waals surface area contributed by atoms with Crippen LogP contribution in [0.1, 0.15) is 18.3 Å². The lowest BCUT2D eigenvalue weighted by molar-refractivity contribution is -0.147. The van der Waals surface area contributed by atoms with E-state index in [4.69, 9.17) is 17.0 Å². The van der Waals surface area contributed by atoms with Crippen LogP contribution < -0.4 is 4.74 Å². The standard InChI is InChI=1S/C12H11F3N4OS/c1-2-20-9-5-3-8(4-6-9)7-16-19-10(12(13,14)15)17-18-11(19)21/h3-7H,2H2,1H3,(H,18,21)/b16-7-. The van der Waals surface area contributed by atoms with E-state index in [2.05, 4.69) is 15.3 Å². The van der Waals surface area contributed by atoms with Gasteiger partial charge in [0.15, 0.2) is 0 Å². The molecule has 0 aliphatic rings. The molecule has 0 bridgehead atoms. The van der Waals surface area contributed by atoms with Gasteiger partial charge in [-0.3, -0.25) is 0 Å². The van der Waals surface area contributed by atoms with Crippen LogP contribution in [0, 0.1) is 4.77 Å². The maximum absolute atomic E-state index is 12.7. The highest BCUT2D eigenvalue weighted by Crippen LogP contribution is 2.27. The van der Waals surface area contributed by atoms with E-state index < -0.39 is 12.0 Å². The van der Waals surface area contributed by atoms with Crippen molar-refractivity contribution in [2.24, 2.45) is 5.10 Å². The summed E-state index contributed by atoms with van der Waals surface area (Å²) in [7, 11) is 0. The first-order valence-electron chi connectivity index (χ1n) is 5.93. The Morgan fingerprint density at radius 3 is 2.62 bits per heavy atom. The van der Waals surface area contributed by atoms with Crippen LogP contribution in [0.3, 0.4) is 0 Å². The third-order valence-corrected chi connectivity index (χ3v) is 2.68. The van der Waals surface area contributed by atoms with Crippen molar-refractivity contribution in [3.05, 3.63) is 40.4 Å². The van der Waals surface area contributed by atoms with Gasteiger partial charge in [-0.1, -0.05) is 0 Å². The molecule has 0 aliphatic carbocycles. The molecule has 0 saturated carbocycles. The molecule has 0 aliphatic heterocycles. The van der Waals surface area contributed by atoms with Crippen molar-refractivity contribution >= 4 is 18.4 Å². The molecule has 9 heteroatoms. The van der Waals surface area contributed by atoms with Gasteiger partial charge < -0.3 is 4.74 Å². The molecular formula is C12H11F3N4OS. The molecule has 0 fully saturated rings. The minimum absolute atomic E-state index is 0.232. The molecule has 5 nitrogen and oxygen atoms in total. The number of H-pyrrole nitrogens is 1. The number of hydrogen-bond donors (Lipinski definition) is 1. The van der Waals surface area contributed by atoms with Crippen LogP contribution in [-0.2, 0) is 6.18 Å². The Morgan fingerprint density at radius 1 is 1.38 bits per heavy atom. The molecule has 0 unspecified atom stereocenters. The second-order valence-corrected chi connectivity index (χ2v) is 4.30. The van der Waals surface area contributed by atoms with Crippen molar-refractivity contribution in [3.63, 3.8) is 0 Å². The fraction of sp³-hybridized carbons (Fsp3) is 0.250. The lowest BCUT2D eigenvalue weighted by atomic mass is 10.2. The summed E-state index contributed by atoms with van der Waals surface area (Å²) < 4.78 is 43.6. The van der Waals surface area contributed by atoms with Gasteiger partial charge in [0.1, 0.15) is 5.75 Å². The van der Waals surface area contributed by atoms with E-state index >= 15 is 0 Å². The molecule has 0 spiro atoms. The van der Waals surface area contributed by atoms with E-state index in [-0.39, 0.29) is 4.77 Å². The number of rotatable bonds is 4. The van der Waals surface area contributed by atoms with E-state index in [1.165, 1.54) is 6.21 Å². The van der Waals surface area contributed by atoms with Gasteiger partial charge in [0, 0.05) is 0 Å². The average molecular weight is 316 g/mol. The molecule has 0 amide bonds. The number of nitrogens with zero attached hydrogens (tertiary/aromatic N) is 3. The predicted octanol–water partition coefficient (Wildman–Crippen LogP) is 3.24. The summed E-state index contributed by atoms with van der Waals surface area (Å²) >= 11 is 4.72. The van der Waals surface area contributed by atoms with Crippen molar-refractivity contribution in [1.82, 2.24) is 14.9 Å². The first-order valence-corrected chi connectivity index (χ1v) is 6.34. The van der Waals surface area contributed by atoms with Gasteiger partial charge in [-0.15, -0.1) is 5.10 Å². The van der Waals surface area contributed by atoms with Crippen LogP contribution in [0.5, 0.6) is 5.75 Å². The van der Waals surface area contributed by atoms with Crippen LogP contribution in [0.2, 0.25) is 0 Å². The number of alkyl halides is 3. The minimum atomic E-state index is -4.64. The molecule has 2 aromatic rings. The van der Waals surface area contributed by atoms with Gasteiger partial charge >= 0.3 is 6.18 Å². The zero-order valence-electron chi connectivity index (χ0n) is 10.9. The topological polar surface area (TPSA) is 55.2 Å². The summed E-state index contributed by atoms with van der Waals surface area (Å²) in [4.78, 5) is 0. The smallest absolute Gasteiger partial charge is 0.453 e. The Kier molecular flexibility index (Phi) is 4.41. The average Bonchev–Trinajstić information content (AvgIpc) is 2.79. The maximum Gasteiger partial charge on any atom is 0.453 e. The maximum atomic E-state index is 12.7. The lowest BCUT2D eigenvalue weighted by Crippen LogP contribution is -2.12. The SMILES string of the molecule is CCOc1ccc(/C=N\n2c(C(F)(F)F)n[nH]c2=S)cc1. The zero-order chi connectivity index (χ0) is 15.5. The third-order valence-electron chi connectivity index (χ3n) is 2.42. The molecule has 1 aromatic carbocycles. The largest absolute Gasteiger partial charge is 0.494 e. The van der Waals surface area contributed by atoms with Crippen molar-refractivity contribution in [3.8, 4) is 5.75 Å². The highest BCUT2D eigenvalue weighted by atomic mass is 32.1. The van der Waals surface area contributed by atoms with Crippen molar-refractivity contribution in [1.29, 1.82) is 0 Å². The highest BCUT2D eigenvalue weighted by Gasteiger charge is 2.37. The quantitative estimate of drug-likeness (QED) is 0.696. The molecule has 112 valence electrons. The Labute approximate surface area is 123 Å². The predicted molar refractivity (Wildman–Crippen MR) is 73.0 cm³/mol. The van der Waals surface area contributed by atoms with E-state index in [0.717, 1.165) is 0 Å². The molecule has 0 saturated heterocycles. The Balaban J connectivity index is 2.25. The number of ether oxygens (including phenoxy) is 1. The normalized spacial score (nSPS) is 12.0. The summed E-state index contributed by atoms with van der Waals surface area (Å²) in [6, 6.07) is 6.74. The summed E-state index contributed by atoms with van der Waals surface area (Å²) in [5.74, 6) is -0.528. The van der Waals surface area contributed by atoms with Crippen LogP contribution in [-0.4, -0.2) is 27.7 Å². The highest BCUT2D eigenvalue weighted by molar-refractivity contribution is 7.71. The zero-order valence-corrected chi connectivity index (χ0v) is 11.7. The molecule has 0 radical (unpaired) electrons. The summed E-state index contributed by atoms with van der Waals surface area (Å²) in [6.45, 7) is 2.39. The Bertz CT molecular complexity index is 688. The molecule has 21 heavy (non-hydrogen) atoms. The minimum Gasteiger partial charge on any atom is -0.494 e. The third kappa shape index (κ3) is 3.69. The van der Waals surface area contributed by atoms with Crippen LogP contribution in [0.25, 0.3) is 0 Å². The van der Waals surface area contributed by atoms with E-state index in [0.29, 0.717) is 22.6 Å². The molecular weight excluding hydrogens is 305 g/mol. The van der Waals surface area contributed by atoms with Crippen molar-refractivity contribution in [2.75, 3.05) is 6.61 Å². The molecule has 0 atom stereocenters. The van der Waals surface area contributed by atoms with Gasteiger partial charge in [-0.25, -0.2) is 5.10 Å². The monoisotopic (exact) mass is 316 g/mol. The summed E-state index contributed by atoms with van der Waals surface area (Å²) in [5.41, 5.74) is 0.606. The van der Waals surface area contributed by atoms with Gasteiger partial charge in [-0.2, -0.15) is 22.9 Å². The number of benzene rings is 1. The fourth-order valence-electron chi connectivity index (χ4n) is 1.52. The van der Waals surface area contributed by atoms with Gasteiger partial charge in [-0.05, 0) is 49.0 Å². The van der Waals surface area contributed by atoms with Gasteiger partial charge in [0.2, 0.25) is 4.77 Å². The van der Waals surface area contributed by atoms with Crippen molar-refractivity contribution in [2.45, 2.75) is 13.1 Å². The lowest BCUT2D eigenvalue weighted by Gasteiger charge is -2.04. The van der Waals surface area contributed by atoms with Crippen molar-refractivity contribution < 1.29 is 17.9 Å². The number of hydrogen-bond acceptors (Lipinski definition) is 4. The molecule has 1 heterocycles. The second-order valence-electron chi connectivity index (χ2n) is 3.91. The van der Waals surface area contributed by atoms with E-state index in [1.54, 1.807) is 24.3 Å². The summed E-state index contributed by atoms with van der Waals surface area (Å²) in [6.07, 6.45) is -3.37. The van der Waals surface area contributed by atoms with Gasteiger partial charge in [0.05, 0.1) is 12.8 Å². The molecule has 1 N–H and O–H groups in total. The molecule has 1 aromatic heterocycles. The van der Waals surface area contributed by atoms with E-state index in [9.17, 15) is 13.2 Å². The Hall–Kier alpha value is -2.16. The van der Waals surface area contributed by atoms with Crippen LogP contribution in [0.15, 0.2) is 29.4 Å². The number of aromatic amines is 1. The number of halogens is 3. The number of aromatic nitrogens is 3. The Morgan fingerprint density at radius 2 is 2.05 bits per heavy atom. The first-order chi connectivity index (χ1) is 9.91. The van der Waals surface area contributed by atoms with Crippen LogP contribution in [0.4, 0.5) is 13.2 Å². The first kappa shape index (κ1) is 15.2. The second kappa shape index (κ2) is 6.08. The molecule has 2 rings (SSSR count). The van der Waals surface area contributed by atoms with Gasteiger partial charge in [0.25, 0.3) is 5.82 Å². The summed E-state index contributed by atoms with van der Waals surface area (Å²) in [5, 5.41) is 8.90. The fourth-order valence-corrected chi connectivity index (χ4v) is 1.70. The van der Waals surface area contributed by atoms with Crippen LogP contribution >= 0.6 is 12.2 Å². The number of nitrogens with one attached hydrogen (secondary N) is 1.